The molecule has 0 spiro atoms. The standard InChI is InChI=1S/C19H19N7.C18H17N7O/c1-4-15-14(11-26(3)25-15)13-8-17-16(20-10-13)5-6-18(22-17)23-19-7-12(2)9-21-24-19;1-11-5-18(23-20-7-11)22-17-4-3-14-15(21-17)6-12(8-19-14)13-9-25(2)24-16(13)10-26/h5-11H,4H2,1-3H3,(H,22,23,24);3-9,26H,10H2,1-2H3,(H,21,22,23). The topological polar surface area (TPSA) is 183 Å². The molecule has 0 unspecified atom stereocenters. The van der Waals surface area contributed by atoms with E-state index in [4.69, 9.17) is 0 Å². The molecule has 0 saturated heterocycles. The molecule has 0 atom stereocenters. The van der Waals surface area contributed by atoms with Gasteiger partial charge in [0.05, 0.1) is 52.5 Å². The van der Waals surface area contributed by atoms with Gasteiger partial charge in [0.1, 0.15) is 11.6 Å². The zero-order valence-electron chi connectivity index (χ0n) is 29.3. The molecule has 0 saturated carbocycles. The van der Waals surface area contributed by atoms with Gasteiger partial charge in [-0.1, -0.05) is 6.92 Å². The van der Waals surface area contributed by atoms with Crippen molar-refractivity contribution < 1.29 is 5.11 Å². The van der Waals surface area contributed by atoms with E-state index in [9.17, 15) is 5.11 Å². The van der Waals surface area contributed by atoms with Crippen molar-refractivity contribution in [2.75, 3.05) is 10.6 Å². The van der Waals surface area contributed by atoms with Crippen molar-refractivity contribution in [2.45, 2.75) is 33.8 Å². The molecule has 52 heavy (non-hydrogen) atoms. The predicted octanol–water partition coefficient (Wildman–Crippen LogP) is 5.80. The molecule has 8 heterocycles. The fraction of sp³-hybridized carbons (Fsp3) is 0.189. The second-order valence-corrected chi connectivity index (χ2v) is 12.2. The Labute approximate surface area is 298 Å². The third-order valence-electron chi connectivity index (χ3n) is 8.09. The van der Waals surface area contributed by atoms with Gasteiger partial charge in [0, 0.05) is 61.1 Å². The lowest BCUT2D eigenvalue weighted by Gasteiger charge is -2.07. The Balaban J connectivity index is 0.000000162. The predicted molar refractivity (Wildman–Crippen MR) is 199 cm³/mol. The van der Waals surface area contributed by atoms with Crippen LogP contribution in [0.15, 0.2) is 85.7 Å². The Morgan fingerprint density at radius 2 is 1.08 bits per heavy atom. The van der Waals surface area contributed by atoms with Crippen molar-refractivity contribution in [2.24, 2.45) is 14.1 Å². The third-order valence-corrected chi connectivity index (χ3v) is 8.09. The minimum atomic E-state index is -0.130. The van der Waals surface area contributed by atoms with Crippen molar-refractivity contribution in [3.8, 4) is 22.3 Å². The quantitative estimate of drug-likeness (QED) is 0.174. The van der Waals surface area contributed by atoms with Crippen molar-refractivity contribution in [1.82, 2.24) is 59.9 Å². The van der Waals surface area contributed by atoms with Gasteiger partial charge in [-0.3, -0.25) is 19.3 Å². The van der Waals surface area contributed by atoms with Crippen LogP contribution in [0.4, 0.5) is 23.3 Å². The largest absolute Gasteiger partial charge is 0.390 e. The van der Waals surface area contributed by atoms with Crippen LogP contribution in [0.2, 0.25) is 0 Å². The first-order valence-electron chi connectivity index (χ1n) is 16.6. The van der Waals surface area contributed by atoms with E-state index in [-0.39, 0.29) is 6.61 Å². The number of aliphatic hydroxyl groups is 1. The van der Waals surface area contributed by atoms with E-state index >= 15 is 0 Å². The summed E-state index contributed by atoms with van der Waals surface area (Å²) in [7, 11) is 3.75. The van der Waals surface area contributed by atoms with Crippen LogP contribution in [0.25, 0.3) is 44.3 Å². The van der Waals surface area contributed by atoms with Gasteiger partial charge in [-0.15, -0.1) is 10.2 Å². The molecule has 0 aromatic carbocycles. The van der Waals surface area contributed by atoms with Crippen LogP contribution >= 0.6 is 0 Å². The van der Waals surface area contributed by atoms with Crippen LogP contribution < -0.4 is 10.6 Å². The minimum Gasteiger partial charge on any atom is -0.390 e. The molecule has 8 rings (SSSR count). The van der Waals surface area contributed by atoms with Crippen molar-refractivity contribution in [1.29, 1.82) is 0 Å². The molecule has 0 amide bonds. The Kier molecular flexibility index (Phi) is 9.49. The molecular weight excluding hydrogens is 657 g/mol. The Morgan fingerprint density at radius 1 is 0.596 bits per heavy atom. The highest BCUT2D eigenvalue weighted by Crippen LogP contribution is 2.27. The first kappa shape index (κ1) is 33.7. The first-order valence-corrected chi connectivity index (χ1v) is 16.6. The maximum Gasteiger partial charge on any atom is 0.154 e. The van der Waals surface area contributed by atoms with E-state index in [1.165, 1.54) is 0 Å². The minimum absolute atomic E-state index is 0.130. The molecule has 15 heteroatoms. The highest BCUT2D eigenvalue weighted by atomic mass is 16.3. The second kappa shape index (κ2) is 14.6. The number of anilines is 4. The van der Waals surface area contributed by atoms with E-state index in [0.717, 1.165) is 67.6 Å². The van der Waals surface area contributed by atoms with E-state index in [2.05, 4.69) is 68.1 Å². The highest BCUT2D eigenvalue weighted by Gasteiger charge is 2.13. The highest BCUT2D eigenvalue weighted by molar-refractivity contribution is 5.83. The zero-order chi connectivity index (χ0) is 36.2. The molecule has 8 aromatic rings. The van der Waals surface area contributed by atoms with Crippen molar-refractivity contribution >= 4 is 45.3 Å². The van der Waals surface area contributed by atoms with Crippen LogP contribution in [0.3, 0.4) is 0 Å². The number of hydrogen-bond donors (Lipinski definition) is 3. The van der Waals surface area contributed by atoms with Crippen molar-refractivity contribution in [3.05, 3.63) is 108 Å². The molecule has 8 aromatic heterocycles. The molecule has 0 aliphatic rings. The number of aromatic nitrogens is 12. The zero-order valence-corrected chi connectivity index (χ0v) is 29.3. The summed E-state index contributed by atoms with van der Waals surface area (Å²) in [5.74, 6) is 2.67. The SMILES string of the molecule is CCc1nn(C)cc1-c1cnc2ccc(Nc3cc(C)cnn3)nc2c1.Cc1cnnc(Nc2ccc3ncc(-c4cn(C)nc4CO)cc3n2)c1. The summed E-state index contributed by atoms with van der Waals surface area (Å²) in [6, 6.07) is 15.4. The fourth-order valence-electron chi connectivity index (χ4n) is 5.69. The van der Waals surface area contributed by atoms with Crippen LogP contribution in [0, 0.1) is 13.8 Å². The molecular formula is C37H36N14O. The average molecular weight is 693 g/mol. The number of aryl methyl sites for hydroxylation is 5. The van der Waals surface area contributed by atoms with Gasteiger partial charge in [0.2, 0.25) is 0 Å². The molecule has 0 radical (unpaired) electrons. The van der Waals surface area contributed by atoms with Crippen LogP contribution in [-0.4, -0.2) is 65.0 Å². The lowest BCUT2D eigenvalue weighted by Crippen LogP contribution is -1.98. The van der Waals surface area contributed by atoms with Gasteiger partial charge in [0.25, 0.3) is 0 Å². The number of nitrogens with zero attached hydrogens (tertiary/aromatic N) is 12. The molecule has 3 N–H and O–H groups in total. The third kappa shape index (κ3) is 7.53. The number of fused-ring (bicyclic) bond motifs is 2. The van der Waals surface area contributed by atoms with Gasteiger partial charge in [-0.2, -0.15) is 20.4 Å². The van der Waals surface area contributed by atoms with Crippen LogP contribution in [0.5, 0.6) is 0 Å². The van der Waals surface area contributed by atoms with Gasteiger partial charge in [-0.25, -0.2) is 9.97 Å². The lowest BCUT2D eigenvalue weighted by atomic mass is 10.1. The summed E-state index contributed by atoms with van der Waals surface area (Å²) in [6.07, 6.45) is 11.8. The molecule has 0 aliphatic heterocycles. The van der Waals surface area contributed by atoms with E-state index < -0.39 is 0 Å². The van der Waals surface area contributed by atoms with E-state index in [1.54, 1.807) is 23.3 Å². The summed E-state index contributed by atoms with van der Waals surface area (Å²) in [6.45, 7) is 5.90. The first-order chi connectivity index (χ1) is 25.2. The normalized spacial score (nSPS) is 11.0. The summed E-state index contributed by atoms with van der Waals surface area (Å²) >= 11 is 0. The Morgan fingerprint density at radius 3 is 1.54 bits per heavy atom. The number of hydrogen-bond acceptors (Lipinski definition) is 13. The van der Waals surface area contributed by atoms with Crippen LogP contribution in [0.1, 0.15) is 29.4 Å². The molecule has 0 aliphatic carbocycles. The van der Waals surface area contributed by atoms with Crippen molar-refractivity contribution in [3.63, 3.8) is 0 Å². The van der Waals surface area contributed by atoms with Gasteiger partial charge in [-0.05, 0) is 79.9 Å². The molecule has 0 bridgehead atoms. The second-order valence-electron chi connectivity index (χ2n) is 12.2. The van der Waals surface area contributed by atoms with Crippen LogP contribution in [-0.2, 0) is 27.1 Å². The molecule has 0 fully saturated rings. The average Bonchev–Trinajstić information content (AvgIpc) is 3.72. The van der Waals surface area contributed by atoms with Gasteiger partial charge >= 0.3 is 0 Å². The van der Waals surface area contributed by atoms with Gasteiger partial charge < -0.3 is 15.7 Å². The van der Waals surface area contributed by atoms with Gasteiger partial charge in [0.15, 0.2) is 11.6 Å². The van der Waals surface area contributed by atoms with E-state index in [1.807, 2.05) is 99.7 Å². The number of rotatable bonds is 8. The maximum absolute atomic E-state index is 9.50. The Hall–Kier alpha value is -6.74. The molecule has 15 nitrogen and oxygen atoms in total. The monoisotopic (exact) mass is 692 g/mol. The summed E-state index contributed by atoms with van der Waals surface area (Å²) < 4.78 is 3.51. The smallest absolute Gasteiger partial charge is 0.154 e. The number of pyridine rings is 4. The number of aliphatic hydroxyl groups excluding tert-OH is 1. The number of nitrogens with one attached hydrogen (secondary N) is 2. The van der Waals surface area contributed by atoms with E-state index in [0.29, 0.717) is 29.0 Å². The molecule has 260 valence electrons. The summed E-state index contributed by atoms with van der Waals surface area (Å²) in [4.78, 5) is 18.3. The fourth-order valence-corrected chi connectivity index (χ4v) is 5.69. The Bertz CT molecular complexity index is 2350. The summed E-state index contributed by atoms with van der Waals surface area (Å²) in [5.41, 5.74) is 10.7. The maximum atomic E-state index is 9.50. The summed E-state index contributed by atoms with van der Waals surface area (Å²) in [5, 5.41) is 40.6. The lowest BCUT2D eigenvalue weighted by molar-refractivity contribution is 0.276.